The molecule has 0 bridgehead atoms. The summed E-state index contributed by atoms with van der Waals surface area (Å²) in [6, 6.07) is 3.97. The highest BCUT2D eigenvalue weighted by atomic mass is 16.1. The number of aryl methyl sites for hydroxylation is 2. The molecule has 0 aromatic carbocycles. The first-order valence-electron chi connectivity index (χ1n) is 4.60. The van der Waals surface area contributed by atoms with Gasteiger partial charge in [0.25, 0.3) is 0 Å². The van der Waals surface area contributed by atoms with Crippen LogP contribution in [0.3, 0.4) is 0 Å². The largest absolute Gasteiger partial charge is 0.304 e. The quantitative estimate of drug-likeness (QED) is 0.672. The summed E-state index contributed by atoms with van der Waals surface area (Å²) in [6.07, 6.45) is 3.36. The number of hydrogen-bond acceptors (Lipinski definition) is 2. The van der Waals surface area contributed by atoms with Crippen molar-refractivity contribution in [1.82, 2.24) is 9.38 Å². The highest BCUT2D eigenvalue weighted by molar-refractivity contribution is 5.60. The number of hydrogen-bond donors (Lipinski definition) is 0. The van der Waals surface area contributed by atoms with Crippen LogP contribution in [0.2, 0.25) is 0 Å². The van der Waals surface area contributed by atoms with E-state index in [1.54, 1.807) is 0 Å². The summed E-state index contributed by atoms with van der Waals surface area (Å²) >= 11 is 0. The molecule has 0 aliphatic heterocycles. The molecule has 3 heteroatoms. The maximum Gasteiger partial charge on any atom is 0.124 e. The van der Waals surface area contributed by atoms with Gasteiger partial charge in [0.15, 0.2) is 0 Å². The number of aromatic nitrogens is 2. The molecule has 0 aliphatic carbocycles. The molecular formula is C11H12N2O. The van der Waals surface area contributed by atoms with E-state index in [-0.39, 0.29) is 0 Å². The first-order chi connectivity index (χ1) is 6.72. The number of rotatable bonds is 2. The fourth-order valence-corrected chi connectivity index (χ4v) is 1.68. The van der Waals surface area contributed by atoms with Crippen molar-refractivity contribution in [1.29, 1.82) is 0 Å². The average Bonchev–Trinajstić information content (AvgIpc) is 2.43. The van der Waals surface area contributed by atoms with Crippen LogP contribution >= 0.6 is 0 Å². The van der Waals surface area contributed by atoms with Gasteiger partial charge in [0.05, 0.1) is 11.2 Å². The summed E-state index contributed by atoms with van der Waals surface area (Å²) in [6.45, 7) is 3.95. The van der Waals surface area contributed by atoms with Gasteiger partial charge in [-0.3, -0.25) is 0 Å². The number of fused-ring (bicyclic) bond motifs is 1. The van der Waals surface area contributed by atoms with Gasteiger partial charge >= 0.3 is 0 Å². The molecule has 14 heavy (non-hydrogen) atoms. The first-order valence-corrected chi connectivity index (χ1v) is 4.60. The molecule has 0 fully saturated rings. The Balaban J connectivity index is 2.64. The Labute approximate surface area is 82.4 Å². The fraction of sp³-hybridized carbons (Fsp3) is 0.273. The third-order valence-electron chi connectivity index (χ3n) is 2.39. The van der Waals surface area contributed by atoms with E-state index in [0.717, 1.165) is 28.9 Å². The molecule has 2 heterocycles. The summed E-state index contributed by atoms with van der Waals surface area (Å²) in [5.41, 5.74) is 3.13. The zero-order chi connectivity index (χ0) is 10.1. The number of carbonyl (C=O) groups is 1. The van der Waals surface area contributed by atoms with Crippen molar-refractivity contribution in [2.45, 2.75) is 20.3 Å². The van der Waals surface area contributed by atoms with E-state index in [2.05, 4.69) is 4.98 Å². The van der Waals surface area contributed by atoms with Crippen molar-refractivity contribution in [3.63, 3.8) is 0 Å². The maximum absolute atomic E-state index is 10.4. The molecule has 0 amide bonds. The van der Waals surface area contributed by atoms with Gasteiger partial charge in [-0.2, -0.15) is 0 Å². The molecule has 0 unspecified atom stereocenters. The summed E-state index contributed by atoms with van der Waals surface area (Å²) in [4.78, 5) is 14.7. The highest BCUT2D eigenvalue weighted by Gasteiger charge is 2.04. The molecule has 3 nitrogen and oxygen atoms in total. The number of nitrogens with zero attached hydrogens (tertiary/aromatic N) is 2. The highest BCUT2D eigenvalue weighted by Crippen LogP contribution is 2.13. The van der Waals surface area contributed by atoms with Crippen LogP contribution in [0.15, 0.2) is 18.3 Å². The topological polar surface area (TPSA) is 34.4 Å². The Morgan fingerprint density at radius 3 is 3.00 bits per heavy atom. The molecule has 72 valence electrons. The molecule has 0 saturated heterocycles. The van der Waals surface area contributed by atoms with Gasteiger partial charge in [0, 0.05) is 12.6 Å². The van der Waals surface area contributed by atoms with Gasteiger partial charge in [-0.1, -0.05) is 0 Å². The maximum atomic E-state index is 10.4. The van der Waals surface area contributed by atoms with E-state index >= 15 is 0 Å². The molecule has 0 radical (unpaired) electrons. The second-order valence-corrected chi connectivity index (χ2v) is 3.41. The Morgan fingerprint density at radius 1 is 1.50 bits per heavy atom. The minimum atomic E-state index is 0.472. The van der Waals surface area contributed by atoms with Crippen molar-refractivity contribution >= 4 is 11.8 Å². The van der Waals surface area contributed by atoms with Gasteiger partial charge in [0.2, 0.25) is 0 Å². The standard InChI is InChI=1S/C11H12N2O/c1-8-11-7-10(4-6-14)3-5-13(11)9(2)12-8/h3,5-7H,4H2,1-2H3. The van der Waals surface area contributed by atoms with Gasteiger partial charge in [-0.05, 0) is 31.5 Å². The second kappa shape index (κ2) is 3.25. The van der Waals surface area contributed by atoms with Crippen LogP contribution in [0.25, 0.3) is 5.52 Å². The zero-order valence-electron chi connectivity index (χ0n) is 8.32. The van der Waals surface area contributed by atoms with Crippen molar-refractivity contribution in [3.8, 4) is 0 Å². The van der Waals surface area contributed by atoms with Crippen LogP contribution in [0.1, 0.15) is 17.1 Å². The summed E-state index contributed by atoms with van der Waals surface area (Å²) in [7, 11) is 0. The van der Waals surface area contributed by atoms with Crippen molar-refractivity contribution in [3.05, 3.63) is 35.4 Å². The van der Waals surface area contributed by atoms with Gasteiger partial charge in [-0.25, -0.2) is 4.98 Å². The molecule has 0 saturated carbocycles. The van der Waals surface area contributed by atoms with Crippen LogP contribution < -0.4 is 0 Å². The Bertz CT molecular complexity index is 485. The molecule has 0 atom stereocenters. The van der Waals surface area contributed by atoms with Crippen molar-refractivity contribution in [2.75, 3.05) is 0 Å². The normalized spacial score (nSPS) is 10.7. The van der Waals surface area contributed by atoms with E-state index in [4.69, 9.17) is 0 Å². The van der Waals surface area contributed by atoms with Gasteiger partial charge < -0.3 is 9.20 Å². The minimum absolute atomic E-state index is 0.472. The average molecular weight is 188 g/mol. The monoisotopic (exact) mass is 188 g/mol. The summed E-state index contributed by atoms with van der Waals surface area (Å²) in [5.74, 6) is 0.982. The molecule has 0 aliphatic rings. The molecule has 2 rings (SSSR count). The number of pyridine rings is 1. The second-order valence-electron chi connectivity index (χ2n) is 3.41. The Morgan fingerprint density at radius 2 is 2.29 bits per heavy atom. The van der Waals surface area contributed by atoms with Crippen LogP contribution in [-0.4, -0.2) is 15.7 Å². The summed E-state index contributed by atoms with van der Waals surface area (Å²) in [5, 5.41) is 0. The van der Waals surface area contributed by atoms with Crippen LogP contribution in [0, 0.1) is 13.8 Å². The molecule has 2 aromatic heterocycles. The predicted molar refractivity (Wildman–Crippen MR) is 54.4 cm³/mol. The van der Waals surface area contributed by atoms with Crippen LogP contribution in [-0.2, 0) is 11.2 Å². The smallest absolute Gasteiger partial charge is 0.124 e. The number of carbonyl (C=O) groups excluding carboxylic acids is 1. The third-order valence-corrected chi connectivity index (χ3v) is 2.39. The van der Waals surface area contributed by atoms with Crippen molar-refractivity contribution in [2.24, 2.45) is 0 Å². The van der Waals surface area contributed by atoms with Gasteiger partial charge in [-0.15, -0.1) is 0 Å². The SMILES string of the molecule is Cc1nc(C)n2ccc(CC=O)cc12. The van der Waals surface area contributed by atoms with E-state index in [9.17, 15) is 4.79 Å². The Kier molecular flexibility index (Phi) is 2.08. The molecule has 0 spiro atoms. The number of imidazole rings is 1. The van der Waals surface area contributed by atoms with E-state index in [1.165, 1.54) is 0 Å². The minimum Gasteiger partial charge on any atom is -0.304 e. The lowest BCUT2D eigenvalue weighted by molar-refractivity contribution is -0.107. The zero-order valence-corrected chi connectivity index (χ0v) is 8.32. The van der Waals surface area contributed by atoms with Crippen LogP contribution in [0.4, 0.5) is 0 Å². The molecule has 0 N–H and O–H groups in total. The number of aldehydes is 1. The fourth-order valence-electron chi connectivity index (χ4n) is 1.68. The van der Waals surface area contributed by atoms with E-state index in [1.807, 2.05) is 36.6 Å². The summed E-state index contributed by atoms with van der Waals surface area (Å²) < 4.78 is 2.03. The van der Waals surface area contributed by atoms with Gasteiger partial charge in [0.1, 0.15) is 12.1 Å². The first kappa shape index (κ1) is 8.94. The lowest BCUT2D eigenvalue weighted by atomic mass is 10.2. The Hall–Kier alpha value is -1.64. The lowest BCUT2D eigenvalue weighted by Crippen LogP contribution is -1.91. The molecular weight excluding hydrogens is 176 g/mol. The third kappa shape index (κ3) is 1.31. The van der Waals surface area contributed by atoms with E-state index in [0.29, 0.717) is 6.42 Å². The molecule has 2 aromatic rings. The van der Waals surface area contributed by atoms with E-state index < -0.39 is 0 Å². The predicted octanol–water partition coefficient (Wildman–Crippen LogP) is 1.69. The van der Waals surface area contributed by atoms with Crippen molar-refractivity contribution < 1.29 is 4.79 Å². The lowest BCUT2D eigenvalue weighted by Gasteiger charge is -1.99. The van der Waals surface area contributed by atoms with Crippen LogP contribution in [0.5, 0.6) is 0 Å².